The molecule has 22 heavy (non-hydrogen) atoms. The average Bonchev–Trinajstić information content (AvgIpc) is 2.55. The zero-order valence-corrected chi connectivity index (χ0v) is 12.0. The Balaban J connectivity index is 2.89. The van der Waals surface area contributed by atoms with Gasteiger partial charge in [0.05, 0.1) is 18.2 Å². The minimum Gasteiger partial charge on any atom is -0.497 e. The van der Waals surface area contributed by atoms with E-state index in [0.29, 0.717) is 5.75 Å². The van der Waals surface area contributed by atoms with E-state index in [1.165, 1.54) is 19.2 Å². The summed E-state index contributed by atoms with van der Waals surface area (Å²) >= 11 is 0. The predicted molar refractivity (Wildman–Crippen MR) is 76.7 cm³/mol. The fraction of sp³-hybridized carbons (Fsp3) is 0.231. The third-order valence-electron chi connectivity index (χ3n) is 2.76. The largest absolute Gasteiger partial charge is 0.497 e. The van der Waals surface area contributed by atoms with Gasteiger partial charge in [-0.05, 0) is 24.3 Å². The molecule has 0 aliphatic rings. The van der Waals surface area contributed by atoms with Crippen molar-refractivity contribution < 1.29 is 25.8 Å². The van der Waals surface area contributed by atoms with E-state index in [0.717, 1.165) is 12.1 Å². The second-order valence-corrected chi connectivity index (χ2v) is 5.82. The summed E-state index contributed by atoms with van der Waals surface area (Å²) in [6, 6.07) is 4.67. The third kappa shape index (κ3) is 2.54. The van der Waals surface area contributed by atoms with E-state index in [-0.39, 0.29) is 14.7 Å². The monoisotopic (exact) mass is 333 g/mol. The summed E-state index contributed by atoms with van der Waals surface area (Å²) in [7, 11) is -3.36. The van der Waals surface area contributed by atoms with E-state index in [1.54, 1.807) is 0 Å². The Hall–Kier alpha value is -2.42. The number of ether oxygens (including phenoxy) is 1. The van der Waals surface area contributed by atoms with Crippen molar-refractivity contribution in [2.45, 2.75) is 4.90 Å². The maximum absolute atomic E-state index is 14.5. The Morgan fingerprint density at radius 1 is 1.32 bits per heavy atom. The molecule has 0 saturated carbocycles. The van der Waals surface area contributed by atoms with Gasteiger partial charge in [-0.2, -0.15) is 3.97 Å². The summed E-state index contributed by atoms with van der Waals surface area (Å²) < 4.78 is 87.6. The van der Waals surface area contributed by atoms with Gasteiger partial charge in [-0.3, -0.25) is 9.56 Å². The molecule has 0 aliphatic heterocycles. The molecule has 2 aromatic rings. The van der Waals surface area contributed by atoms with Crippen molar-refractivity contribution in [3.8, 4) is 5.75 Å². The molecule has 0 unspecified atom stereocenters. The Bertz CT molecular complexity index is 1120. The number of benzene rings is 1. The normalized spacial score (nSPS) is 17.6. The number of aromatic nitrogens is 2. The van der Waals surface area contributed by atoms with E-state index in [2.05, 4.69) is 4.99 Å². The van der Waals surface area contributed by atoms with Crippen LogP contribution in [0.1, 0.15) is 8.22 Å². The quantitative estimate of drug-likeness (QED) is 0.798. The maximum atomic E-state index is 14.5. The third-order valence-corrected chi connectivity index (χ3v) is 4.41. The van der Waals surface area contributed by atoms with Crippen molar-refractivity contribution in [1.29, 1.82) is 0 Å². The van der Waals surface area contributed by atoms with Crippen LogP contribution in [0.5, 0.6) is 5.75 Å². The highest BCUT2D eigenvalue weighted by Crippen LogP contribution is 2.17. The van der Waals surface area contributed by atoms with E-state index < -0.39 is 45.9 Å². The van der Waals surface area contributed by atoms with E-state index in [4.69, 9.17) is 13.0 Å². The standard InChI is InChI=1S/C13H14FN3O4S/c1-15-12-11(14)8-17(13(18)16(12)2)22(19,20)10-6-4-9(21-3)5-7-10/h4-8H,1-3H3/i1D3,2D3. The van der Waals surface area contributed by atoms with Crippen LogP contribution in [0.25, 0.3) is 0 Å². The first kappa shape index (κ1) is 9.57. The number of hydrogen-bond acceptors (Lipinski definition) is 5. The van der Waals surface area contributed by atoms with Gasteiger partial charge in [0.1, 0.15) is 5.75 Å². The van der Waals surface area contributed by atoms with E-state index in [9.17, 15) is 17.6 Å². The van der Waals surface area contributed by atoms with Crippen LogP contribution in [0.4, 0.5) is 4.39 Å². The number of methoxy groups -OCH3 is 1. The predicted octanol–water partition coefficient (Wildman–Crippen LogP) is 0.102. The Kier molecular flexibility index (Phi) is 2.50. The van der Waals surface area contributed by atoms with Crippen LogP contribution in [0.15, 0.2) is 45.1 Å². The highest BCUT2D eigenvalue weighted by Gasteiger charge is 2.21. The molecule has 1 aromatic carbocycles. The van der Waals surface area contributed by atoms with E-state index in [1.807, 2.05) is 0 Å². The van der Waals surface area contributed by atoms with Crippen molar-refractivity contribution >= 4 is 10.0 Å². The molecular formula is C13H14FN3O4S. The molecule has 0 radical (unpaired) electrons. The minimum atomic E-state index is -4.70. The molecule has 0 bridgehead atoms. The summed E-state index contributed by atoms with van der Waals surface area (Å²) in [6.07, 6.45) is 0.175. The zero-order valence-electron chi connectivity index (χ0n) is 17.1. The number of rotatable bonds is 3. The Labute approximate surface area is 134 Å². The van der Waals surface area contributed by atoms with Gasteiger partial charge in [0, 0.05) is 22.2 Å². The lowest BCUT2D eigenvalue weighted by Gasteiger charge is -2.10. The molecule has 1 aromatic heterocycles. The molecule has 2 rings (SSSR count). The lowest BCUT2D eigenvalue weighted by atomic mass is 10.3. The van der Waals surface area contributed by atoms with Gasteiger partial charge in [-0.1, -0.05) is 0 Å². The molecule has 0 amide bonds. The van der Waals surface area contributed by atoms with Crippen molar-refractivity contribution in [3.63, 3.8) is 0 Å². The second kappa shape index (κ2) is 5.76. The van der Waals surface area contributed by atoms with Gasteiger partial charge in [-0.15, -0.1) is 0 Å². The van der Waals surface area contributed by atoms with Gasteiger partial charge in [-0.25, -0.2) is 17.6 Å². The molecule has 0 saturated heterocycles. The Morgan fingerprint density at radius 2 is 2.00 bits per heavy atom. The lowest BCUT2D eigenvalue weighted by molar-refractivity contribution is 0.414. The summed E-state index contributed by atoms with van der Waals surface area (Å²) in [5.41, 5.74) is -3.02. The molecule has 0 aliphatic carbocycles. The van der Waals surface area contributed by atoms with Gasteiger partial charge >= 0.3 is 5.69 Å². The van der Waals surface area contributed by atoms with Gasteiger partial charge in [0.15, 0.2) is 11.3 Å². The van der Waals surface area contributed by atoms with Crippen molar-refractivity contribution in [1.82, 2.24) is 8.54 Å². The number of hydrogen-bond donors (Lipinski definition) is 0. The fourth-order valence-corrected chi connectivity index (χ4v) is 2.87. The average molecular weight is 333 g/mol. The second-order valence-electron chi connectivity index (χ2n) is 4.01. The van der Waals surface area contributed by atoms with Gasteiger partial charge < -0.3 is 4.74 Å². The first-order valence-electron chi connectivity index (χ1n) is 8.69. The smallest absolute Gasteiger partial charge is 0.343 e. The van der Waals surface area contributed by atoms with Crippen molar-refractivity contribution in [3.05, 3.63) is 52.3 Å². The van der Waals surface area contributed by atoms with Crippen LogP contribution in [-0.2, 0) is 17.0 Å². The summed E-state index contributed by atoms with van der Waals surface area (Å²) in [6.45, 7) is -6.57. The van der Waals surface area contributed by atoms with Crippen LogP contribution in [0, 0.1) is 5.82 Å². The fourth-order valence-electron chi connectivity index (χ4n) is 1.65. The SMILES string of the molecule is [2H]C([2H])([2H])N=c1c(F)cn(S(=O)(=O)c2ccc(OC)cc2)c(=O)n1C([2H])([2H])[2H]. The molecular weight excluding hydrogens is 313 g/mol. The molecule has 0 fully saturated rings. The Morgan fingerprint density at radius 3 is 2.55 bits per heavy atom. The summed E-state index contributed by atoms with van der Waals surface area (Å²) in [5.74, 6) is -1.31. The lowest BCUT2D eigenvalue weighted by Crippen LogP contribution is -2.42. The van der Waals surface area contributed by atoms with Crippen molar-refractivity contribution in [2.24, 2.45) is 12.0 Å². The zero-order chi connectivity index (χ0) is 21.5. The van der Waals surface area contributed by atoms with E-state index >= 15 is 0 Å². The summed E-state index contributed by atoms with van der Waals surface area (Å²) in [4.78, 5) is 15.1. The highest BCUT2D eigenvalue weighted by atomic mass is 32.2. The molecule has 7 nitrogen and oxygen atoms in total. The molecule has 0 N–H and O–H groups in total. The summed E-state index contributed by atoms with van der Waals surface area (Å²) in [5, 5.41) is 0. The van der Waals surface area contributed by atoms with Gasteiger partial charge in [0.2, 0.25) is 0 Å². The molecule has 1 heterocycles. The molecule has 0 atom stereocenters. The first-order chi connectivity index (χ1) is 12.7. The van der Waals surface area contributed by atoms with Crippen LogP contribution in [-0.4, -0.2) is 31.0 Å². The molecule has 118 valence electrons. The molecule has 9 heteroatoms. The van der Waals surface area contributed by atoms with Crippen LogP contribution in [0.3, 0.4) is 0 Å². The topological polar surface area (TPSA) is 82.7 Å². The minimum absolute atomic E-state index is 0.130. The van der Waals surface area contributed by atoms with Gasteiger partial charge in [0.25, 0.3) is 10.0 Å². The van der Waals surface area contributed by atoms with Crippen LogP contribution >= 0.6 is 0 Å². The molecule has 0 spiro atoms. The first-order valence-corrected chi connectivity index (χ1v) is 7.13. The highest BCUT2D eigenvalue weighted by molar-refractivity contribution is 7.90. The maximum Gasteiger partial charge on any atom is 0.343 e. The van der Waals surface area contributed by atoms with Crippen LogP contribution in [0.2, 0.25) is 0 Å². The number of nitrogens with zero attached hydrogens (tertiary/aromatic N) is 3. The number of halogens is 1. The van der Waals surface area contributed by atoms with Crippen molar-refractivity contribution in [2.75, 3.05) is 14.1 Å². The van der Waals surface area contributed by atoms with Crippen LogP contribution < -0.4 is 15.9 Å².